The van der Waals surface area contributed by atoms with E-state index in [1.807, 2.05) is 0 Å². The van der Waals surface area contributed by atoms with Gasteiger partial charge in [-0.15, -0.1) is 0 Å². The summed E-state index contributed by atoms with van der Waals surface area (Å²) in [4.78, 5) is 11.9. The lowest BCUT2D eigenvalue weighted by Crippen LogP contribution is -2.51. The monoisotopic (exact) mass is 225 g/mol. The van der Waals surface area contributed by atoms with E-state index in [2.05, 4.69) is 6.92 Å². The fraction of sp³-hybridized carbons (Fsp3) is 0.923. The molecule has 2 aliphatic carbocycles. The molecule has 0 aromatic heterocycles. The number of esters is 1. The van der Waals surface area contributed by atoms with Crippen LogP contribution in [-0.4, -0.2) is 18.1 Å². The minimum Gasteiger partial charge on any atom is -0.464 e. The van der Waals surface area contributed by atoms with Crippen LogP contribution in [0.5, 0.6) is 0 Å². The molecule has 0 aliphatic heterocycles. The first-order chi connectivity index (χ1) is 7.60. The number of rotatable bonds is 4. The molecule has 2 aliphatic rings. The van der Waals surface area contributed by atoms with E-state index in [4.69, 9.17) is 10.5 Å². The first-order valence-electron chi connectivity index (χ1n) is 6.56. The summed E-state index contributed by atoms with van der Waals surface area (Å²) in [6.45, 7) is 2.79. The highest BCUT2D eigenvalue weighted by molar-refractivity contribution is 5.80. The third kappa shape index (κ3) is 2.97. The quantitative estimate of drug-likeness (QED) is 0.746. The van der Waals surface area contributed by atoms with E-state index < -0.39 is 5.54 Å². The number of carbonyl (C=O) groups is 1. The Morgan fingerprint density at radius 1 is 1.31 bits per heavy atom. The van der Waals surface area contributed by atoms with Gasteiger partial charge in [-0.05, 0) is 43.9 Å². The second-order valence-electron chi connectivity index (χ2n) is 5.71. The van der Waals surface area contributed by atoms with Crippen molar-refractivity contribution < 1.29 is 9.53 Å². The molecule has 0 aromatic carbocycles. The SMILES string of the molecule is CC1CCC(N)(C(=O)OCCC2CC2)CC1. The van der Waals surface area contributed by atoms with Crippen LogP contribution in [0.4, 0.5) is 0 Å². The van der Waals surface area contributed by atoms with Crippen LogP contribution in [0, 0.1) is 11.8 Å². The summed E-state index contributed by atoms with van der Waals surface area (Å²) in [6, 6.07) is 0. The predicted molar refractivity (Wildman–Crippen MR) is 62.9 cm³/mol. The van der Waals surface area contributed by atoms with Gasteiger partial charge in [0.25, 0.3) is 0 Å². The summed E-state index contributed by atoms with van der Waals surface area (Å²) in [7, 11) is 0. The number of ether oxygens (including phenoxy) is 1. The van der Waals surface area contributed by atoms with E-state index in [-0.39, 0.29) is 5.97 Å². The largest absolute Gasteiger partial charge is 0.464 e. The van der Waals surface area contributed by atoms with Crippen molar-refractivity contribution >= 4 is 5.97 Å². The summed E-state index contributed by atoms with van der Waals surface area (Å²) in [6.07, 6.45) is 7.32. The van der Waals surface area contributed by atoms with E-state index >= 15 is 0 Å². The predicted octanol–water partition coefficient (Wildman–Crippen LogP) is 2.24. The number of nitrogens with two attached hydrogens (primary N) is 1. The fourth-order valence-electron chi connectivity index (χ4n) is 2.35. The molecule has 0 atom stereocenters. The smallest absolute Gasteiger partial charge is 0.326 e. The van der Waals surface area contributed by atoms with Crippen molar-refractivity contribution in [1.29, 1.82) is 0 Å². The number of hydrogen-bond donors (Lipinski definition) is 1. The van der Waals surface area contributed by atoms with Crippen molar-refractivity contribution in [3.63, 3.8) is 0 Å². The van der Waals surface area contributed by atoms with Gasteiger partial charge in [0, 0.05) is 0 Å². The standard InChI is InChI=1S/C13H23NO2/c1-10-4-7-13(14,8-5-10)12(15)16-9-6-11-2-3-11/h10-11H,2-9,14H2,1H3. The van der Waals surface area contributed by atoms with Crippen LogP contribution in [-0.2, 0) is 9.53 Å². The average Bonchev–Trinajstić information content (AvgIpc) is 3.06. The maximum atomic E-state index is 11.9. The number of carbonyl (C=O) groups excluding carboxylic acids is 1. The molecular weight excluding hydrogens is 202 g/mol. The molecular formula is C13H23NO2. The molecule has 16 heavy (non-hydrogen) atoms. The molecule has 3 heteroatoms. The van der Waals surface area contributed by atoms with Crippen LogP contribution in [0.1, 0.15) is 51.9 Å². The summed E-state index contributed by atoms with van der Waals surface area (Å²) < 4.78 is 5.31. The lowest BCUT2D eigenvalue weighted by molar-refractivity contribution is -0.152. The van der Waals surface area contributed by atoms with Gasteiger partial charge < -0.3 is 10.5 Å². The first-order valence-corrected chi connectivity index (χ1v) is 6.56. The Balaban J connectivity index is 1.73. The van der Waals surface area contributed by atoms with Gasteiger partial charge in [-0.1, -0.05) is 19.8 Å². The Morgan fingerprint density at radius 3 is 2.50 bits per heavy atom. The number of hydrogen-bond acceptors (Lipinski definition) is 3. The molecule has 0 saturated heterocycles. The lowest BCUT2D eigenvalue weighted by atomic mass is 9.78. The minimum atomic E-state index is -0.684. The van der Waals surface area contributed by atoms with Crippen LogP contribution >= 0.6 is 0 Å². The molecule has 92 valence electrons. The molecule has 2 fully saturated rings. The van der Waals surface area contributed by atoms with Crippen molar-refractivity contribution in [3.05, 3.63) is 0 Å². The van der Waals surface area contributed by atoms with Gasteiger partial charge in [0.1, 0.15) is 5.54 Å². The zero-order valence-corrected chi connectivity index (χ0v) is 10.2. The molecule has 0 heterocycles. The summed E-state index contributed by atoms with van der Waals surface area (Å²) >= 11 is 0. The van der Waals surface area contributed by atoms with Gasteiger partial charge in [0.05, 0.1) is 6.61 Å². The van der Waals surface area contributed by atoms with Crippen LogP contribution in [0.15, 0.2) is 0 Å². The van der Waals surface area contributed by atoms with Crippen molar-refractivity contribution in [1.82, 2.24) is 0 Å². The second-order valence-corrected chi connectivity index (χ2v) is 5.71. The normalized spacial score (nSPS) is 34.8. The molecule has 0 amide bonds. The molecule has 2 N–H and O–H groups in total. The minimum absolute atomic E-state index is 0.167. The van der Waals surface area contributed by atoms with E-state index in [0.29, 0.717) is 12.5 Å². The van der Waals surface area contributed by atoms with Gasteiger partial charge in [-0.3, -0.25) is 4.79 Å². The summed E-state index contributed by atoms with van der Waals surface area (Å²) in [5, 5.41) is 0. The highest BCUT2D eigenvalue weighted by atomic mass is 16.5. The maximum Gasteiger partial charge on any atom is 0.326 e. The first kappa shape index (κ1) is 11.9. The molecule has 0 aromatic rings. The summed E-state index contributed by atoms with van der Waals surface area (Å²) in [5.41, 5.74) is 5.44. The topological polar surface area (TPSA) is 52.3 Å². The van der Waals surface area contributed by atoms with E-state index in [1.54, 1.807) is 0 Å². The van der Waals surface area contributed by atoms with Gasteiger partial charge >= 0.3 is 5.97 Å². The van der Waals surface area contributed by atoms with Crippen molar-refractivity contribution in [2.24, 2.45) is 17.6 Å². The zero-order chi connectivity index (χ0) is 11.6. The Hall–Kier alpha value is -0.570. The van der Waals surface area contributed by atoms with Gasteiger partial charge in [-0.2, -0.15) is 0 Å². The van der Waals surface area contributed by atoms with Crippen molar-refractivity contribution in [2.45, 2.75) is 57.4 Å². The van der Waals surface area contributed by atoms with E-state index in [1.165, 1.54) is 12.8 Å². The van der Waals surface area contributed by atoms with Crippen molar-refractivity contribution in [2.75, 3.05) is 6.61 Å². The van der Waals surface area contributed by atoms with E-state index in [9.17, 15) is 4.79 Å². The van der Waals surface area contributed by atoms with Crippen LogP contribution in [0.2, 0.25) is 0 Å². The molecule has 0 radical (unpaired) electrons. The summed E-state index contributed by atoms with van der Waals surface area (Å²) in [5.74, 6) is 1.35. The Kier molecular flexibility index (Phi) is 3.53. The third-order valence-electron chi connectivity index (χ3n) is 4.03. The molecule has 2 rings (SSSR count). The molecule has 3 nitrogen and oxygen atoms in total. The molecule has 0 unspecified atom stereocenters. The highest BCUT2D eigenvalue weighted by Gasteiger charge is 2.38. The Bertz CT molecular complexity index is 253. The second kappa shape index (κ2) is 4.74. The third-order valence-corrected chi connectivity index (χ3v) is 4.03. The lowest BCUT2D eigenvalue weighted by Gasteiger charge is -2.33. The zero-order valence-electron chi connectivity index (χ0n) is 10.2. The van der Waals surface area contributed by atoms with Crippen molar-refractivity contribution in [3.8, 4) is 0 Å². The molecule has 2 saturated carbocycles. The van der Waals surface area contributed by atoms with Crippen LogP contribution in [0.25, 0.3) is 0 Å². The maximum absolute atomic E-state index is 11.9. The van der Waals surface area contributed by atoms with Gasteiger partial charge in [0.15, 0.2) is 0 Å². The molecule has 0 bridgehead atoms. The van der Waals surface area contributed by atoms with Gasteiger partial charge in [-0.25, -0.2) is 0 Å². The van der Waals surface area contributed by atoms with E-state index in [0.717, 1.165) is 38.0 Å². The highest BCUT2D eigenvalue weighted by Crippen LogP contribution is 2.33. The Labute approximate surface area is 97.7 Å². The fourth-order valence-corrected chi connectivity index (χ4v) is 2.35. The van der Waals surface area contributed by atoms with Gasteiger partial charge in [0.2, 0.25) is 0 Å². The molecule has 0 spiro atoms. The van der Waals surface area contributed by atoms with Crippen LogP contribution in [0.3, 0.4) is 0 Å². The van der Waals surface area contributed by atoms with Crippen LogP contribution < -0.4 is 5.73 Å². The average molecular weight is 225 g/mol. The Morgan fingerprint density at radius 2 is 1.94 bits per heavy atom.